The molecule has 1 heterocycles. The van der Waals surface area contributed by atoms with E-state index in [1.54, 1.807) is 0 Å². The Morgan fingerprint density at radius 3 is 2.55 bits per heavy atom. The summed E-state index contributed by atoms with van der Waals surface area (Å²) >= 11 is 0. The number of nitrogens with one attached hydrogen (secondary N) is 1. The van der Waals surface area contributed by atoms with Crippen molar-refractivity contribution in [3.05, 3.63) is 0 Å². The number of hydrogen-bond acceptors (Lipinski definition) is 5. The molecule has 0 atom stereocenters. The molecule has 0 bridgehead atoms. The Labute approximate surface area is 134 Å². The smallest absolute Gasteiger partial charge is 0.235 e. The van der Waals surface area contributed by atoms with Crippen molar-refractivity contribution in [2.45, 2.75) is 26.2 Å². The molecule has 0 spiro atoms. The fourth-order valence-electron chi connectivity index (χ4n) is 2.26. The van der Waals surface area contributed by atoms with Crippen LogP contribution in [0.2, 0.25) is 0 Å². The molecule has 0 aromatic heterocycles. The van der Waals surface area contributed by atoms with Crippen molar-refractivity contribution < 1.29 is 17.9 Å². The number of morpholine rings is 1. The monoisotopic (exact) mass is 335 g/mol. The maximum absolute atomic E-state index is 11.9. The van der Waals surface area contributed by atoms with E-state index in [0.717, 1.165) is 38.6 Å². The number of rotatable bonds is 10. The van der Waals surface area contributed by atoms with Gasteiger partial charge in [-0.25, -0.2) is 8.42 Å². The highest BCUT2D eigenvalue weighted by Crippen LogP contribution is 2.02. The molecule has 1 amide bonds. The number of carbonyl (C=O) groups is 1. The van der Waals surface area contributed by atoms with Crippen molar-refractivity contribution in [2.24, 2.45) is 0 Å². The summed E-state index contributed by atoms with van der Waals surface area (Å²) in [5.41, 5.74) is 0. The summed E-state index contributed by atoms with van der Waals surface area (Å²) < 4.78 is 30.1. The van der Waals surface area contributed by atoms with Gasteiger partial charge in [-0.1, -0.05) is 19.8 Å². The average molecular weight is 335 g/mol. The highest BCUT2D eigenvalue weighted by atomic mass is 32.2. The lowest BCUT2D eigenvalue weighted by Gasteiger charge is -2.29. The summed E-state index contributed by atoms with van der Waals surface area (Å²) in [6.45, 7) is 6.53. The van der Waals surface area contributed by atoms with Crippen LogP contribution in [0.3, 0.4) is 0 Å². The fraction of sp³-hybridized carbons (Fsp3) is 0.929. The lowest BCUT2D eigenvalue weighted by Crippen LogP contribution is -2.46. The molecular weight excluding hydrogens is 306 g/mol. The van der Waals surface area contributed by atoms with E-state index in [9.17, 15) is 13.2 Å². The SMILES string of the molecule is CCCCCNC(=O)CN(CCN1CCOCC1)S(C)(=O)=O. The average Bonchev–Trinajstić information content (AvgIpc) is 2.48. The molecule has 1 N–H and O–H groups in total. The molecule has 0 unspecified atom stereocenters. The Bertz CT molecular complexity index is 422. The van der Waals surface area contributed by atoms with Gasteiger partial charge >= 0.3 is 0 Å². The molecule has 130 valence electrons. The van der Waals surface area contributed by atoms with Crippen LogP contribution in [-0.2, 0) is 19.6 Å². The van der Waals surface area contributed by atoms with Gasteiger partial charge in [0.1, 0.15) is 0 Å². The van der Waals surface area contributed by atoms with Crippen molar-refractivity contribution in [3.63, 3.8) is 0 Å². The maximum atomic E-state index is 11.9. The molecule has 22 heavy (non-hydrogen) atoms. The molecule has 1 saturated heterocycles. The number of nitrogens with zero attached hydrogens (tertiary/aromatic N) is 2. The molecule has 1 aliphatic heterocycles. The lowest BCUT2D eigenvalue weighted by atomic mass is 10.2. The third-order valence-corrected chi connectivity index (χ3v) is 4.91. The summed E-state index contributed by atoms with van der Waals surface area (Å²) in [6.07, 6.45) is 4.23. The molecule has 7 nitrogen and oxygen atoms in total. The minimum atomic E-state index is -3.38. The largest absolute Gasteiger partial charge is 0.379 e. The Morgan fingerprint density at radius 1 is 1.27 bits per heavy atom. The summed E-state index contributed by atoms with van der Waals surface area (Å²) in [5.74, 6) is -0.233. The van der Waals surface area contributed by atoms with Gasteiger partial charge < -0.3 is 10.1 Å². The van der Waals surface area contributed by atoms with E-state index in [4.69, 9.17) is 4.74 Å². The van der Waals surface area contributed by atoms with Crippen molar-refractivity contribution in [3.8, 4) is 0 Å². The maximum Gasteiger partial charge on any atom is 0.235 e. The standard InChI is InChI=1S/C14H29N3O4S/c1-3-4-5-6-15-14(18)13-17(22(2,19)20)8-7-16-9-11-21-12-10-16/h3-13H2,1-2H3,(H,15,18). The Kier molecular flexibility index (Phi) is 8.92. The van der Waals surface area contributed by atoms with E-state index >= 15 is 0 Å². The van der Waals surface area contributed by atoms with Gasteiger partial charge in [-0.2, -0.15) is 4.31 Å². The third kappa shape index (κ3) is 8.07. The van der Waals surface area contributed by atoms with E-state index in [1.807, 2.05) is 0 Å². The van der Waals surface area contributed by atoms with E-state index in [-0.39, 0.29) is 12.5 Å². The van der Waals surface area contributed by atoms with Crippen LogP contribution >= 0.6 is 0 Å². The number of carbonyl (C=O) groups excluding carboxylic acids is 1. The van der Waals surface area contributed by atoms with Crippen molar-refractivity contribution in [1.29, 1.82) is 0 Å². The number of hydrogen-bond donors (Lipinski definition) is 1. The third-order valence-electron chi connectivity index (χ3n) is 3.66. The van der Waals surface area contributed by atoms with Crippen molar-refractivity contribution >= 4 is 15.9 Å². The molecular formula is C14H29N3O4S. The predicted molar refractivity (Wildman–Crippen MR) is 86.2 cm³/mol. The van der Waals surface area contributed by atoms with E-state index in [0.29, 0.717) is 32.8 Å². The number of ether oxygens (including phenoxy) is 1. The summed E-state index contributed by atoms with van der Waals surface area (Å²) in [5, 5.41) is 2.78. The highest BCUT2D eigenvalue weighted by molar-refractivity contribution is 7.88. The van der Waals surface area contributed by atoms with Crippen LogP contribution in [0, 0.1) is 0 Å². The second kappa shape index (κ2) is 10.1. The summed E-state index contributed by atoms with van der Waals surface area (Å²) in [7, 11) is -3.38. The van der Waals surface area contributed by atoms with Gasteiger partial charge in [-0.3, -0.25) is 9.69 Å². The first kappa shape index (κ1) is 19.3. The highest BCUT2D eigenvalue weighted by Gasteiger charge is 2.21. The first-order valence-corrected chi connectivity index (χ1v) is 9.80. The Balaban J connectivity index is 2.38. The minimum Gasteiger partial charge on any atom is -0.379 e. The molecule has 0 aromatic carbocycles. The van der Waals surface area contributed by atoms with Gasteiger partial charge in [0.05, 0.1) is 26.0 Å². The predicted octanol–water partition coefficient (Wildman–Crippen LogP) is -0.113. The molecule has 0 aliphatic carbocycles. The van der Waals surface area contributed by atoms with Gasteiger partial charge in [0.25, 0.3) is 0 Å². The number of sulfonamides is 1. The van der Waals surface area contributed by atoms with Gasteiger partial charge in [0.15, 0.2) is 0 Å². The Morgan fingerprint density at radius 2 is 1.95 bits per heavy atom. The van der Waals surface area contributed by atoms with Crippen molar-refractivity contribution in [2.75, 3.05) is 58.7 Å². The quantitative estimate of drug-likeness (QED) is 0.564. The topological polar surface area (TPSA) is 79.0 Å². The van der Waals surface area contributed by atoms with Crippen LogP contribution in [0.1, 0.15) is 26.2 Å². The first-order chi connectivity index (χ1) is 10.4. The van der Waals surface area contributed by atoms with E-state index in [2.05, 4.69) is 17.1 Å². The van der Waals surface area contributed by atoms with E-state index in [1.165, 1.54) is 4.31 Å². The van der Waals surface area contributed by atoms with Gasteiger partial charge in [0, 0.05) is 32.7 Å². The van der Waals surface area contributed by atoms with Crippen LogP contribution in [0.15, 0.2) is 0 Å². The second-order valence-corrected chi connectivity index (χ2v) is 7.59. The molecule has 0 radical (unpaired) electrons. The minimum absolute atomic E-state index is 0.102. The molecule has 8 heteroatoms. The van der Waals surface area contributed by atoms with Crippen LogP contribution in [0.5, 0.6) is 0 Å². The molecule has 1 rings (SSSR count). The van der Waals surface area contributed by atoms with Gasteiger partial charge in [-0.15, -0.1) is 0 Å². The zero-order valence-corrected chi connectivity index (χ0v) is 14.5. The van der Waals surface area contributed by atoms with Crippen LogP contribution in [0.4, 0.5) is 0 Å². The van der Waals surface area contributed by atoms with Crippen molar-refractivity contribution in [1.82, 2.24) is 14.5 Å². The fourth-order valence-corrected chi connectivity index (χ4v) is 3.02. The zero-order chi connectivity index (χ0) is 16.4. The number of unbranched alkanes of at least 4 members (excludes halogenated alkanes) is 2. The molecule has 0 aromatic rings. The normalized spacial score (nSPS) is 16.9. The zero-order valence-electron chi connectivity index (χ0n) is 13.7. The van der Waals surface area contributed by atoms with Crippen LogP contribution < -0.4 is 5.32 Å². The summed E-state index contributed by atoms with van der Waals surface area (Å²) in [6, 6.07) is 0. The van der Waals surface area contributed by atoms with Gasteiger partial charge in [-0.05, 0) is 6.42 Å². The van der Waals surface area contributed by atoms with Crippen LogP contribution in [-0.4, -0.2) is 82.3 Å². The van der Waals surface area contributed by atoms with Crippen LogP contribution in [0.25, 0.3) is 0 Å². The van der Waals surface area contributed by atoms with E-state index < -0.39 is 10.0 Å². The first-order valence-electron chi connectivity index (χ1n) is 7.95. The summed E-state index contributed by atoms with van der Waals surface area (Å²) in [4.78, 5) is 14.0. The lowest BCUT2D eigenvalue weighted by molar-refractivity contribution is -0.121. The number of amides is 1. The molecule has 1 aliphatic rings. The Hall–Kier alpha value is -0.700. The van der Waals surface area contributed by atoms with Gasteiger partial charge in [0.2, 0.25) is 15.9 Å². The second-order valence-electron chi connectivity index (χ2n) is 5.61. The molecule has 1 fully saturated rings. The molecule has 0 saturated carbocycles.